The van der Waals surface area contributed by atoms with Gasteiger partial charge in [0.05, 0.1) is 12.0 Å². The molecule has 6 nitrogen and oxygen atoms in total. The van der Waals surface area contributed by atoms with Crippen molar-refractivity contribution in [3.05, 3.63) is 77.0 Å². The first-order valence-corrected chi connectivity index (χ1v) is 16.4. The Morgan fingerprint density at radius 2 is 1.79 bits per heavy atom. The molecule has 2 aliphatic carbocycles. The number of hydrogen-bond donors (Lipinski definition) is 1. The number of imidazole rings is 1. The van der Waals surface area contributed by atoms with Crippen molar-refractivity contribution in [3.8, 4) is 0 Å². The van der Waals surface area contributed by atoms with Gasteiger partial charge in [0.25, 0.3) is 0 Å². The summed E-state index contributed by atoms with van der Waals surface area (Å²) in [6.45, 7) is 20.6. The number of aromatic nitrogens is 2. The molecule has 2 atom stereocenters. The van der Waals surface area contributed by atoms with Crippen LogP contribution in [0, 0.1) is 30.1 Å². The maximum Gasteiger partial charge on any atom is 0.410 e. The minimum atomic E-state index is -0.456. The zero-order valence-electron chi connectivity index (χ0n) is 28.5. The summed E-state index contributed by atoms with van der Waals surface area (Å²) in [6, 6.07) is 0. The van der Waals surface area contributed by atoms with Crippen LogP contribution in [0.15, 0.2) is 71.3 Å². The van der Waals surface area contributed by atoms with Crippen LogP contribution in [0.1, 0.15) is 99.6 Å². The van der Waals surface area contributed by atoms with E-state index in [0.717, 1.165) is 63.9 Å². The number of piperidine rings is 1. The molecular formula is C37H58N4O2. The topological polar surface area (TPSA) is 71.2 Å². The van der Waals surface area contributed by atoms with Gasteiger partial charge >= 0.3 is 6.09 Å². The highest BCUT2D eigenvalue weighted by molar-refractivity contribution is 5.68. The van der Waals surface area contributed by atoms with Gasteiger partial charge in [0.1, 0.15) is 5.60 Å². The highest BCUT2D eigenvalue weighted by Gasteiger charge is 2.33. The second-order valence-corrected chi connectivity index (χ2v) is 12.6. The Balaban J connectivity index is 0.00000121. The maximum absolute atomic E-state index is 12.7. The van der Waals surface area contributed by atoms with Crippen LogP contribution >= 0.6 is 0 Å². The lowest BCUT2D eigenvalue weighted by molar-refractivity contribution is 0.0167. The summed E-state index contributed by atoms with van der Waals surface area (Å²) in [5.74, 6) is 1.48. The number of ether oxygens (including phenoxy) is 1. The van der Waals surface area contributed by atoms with Crippen molar-refractivity contribution in [3.63, 3.8) is 0 Å². The molecule has 1 amide bonds. The summed E-state index contributed by atoms with van der Waals surface area (Å²) in [6.07, 6.45) is 26.0. The van der Waals surface area contributed by atoms with Gasteiger partial charge in [-0.1, -0.05) is 62.8 Å². The Kier molecular flexibility index (Phi) is 15.0. The van der Waals surface area contributed by atoms with E-state index in [-0.39, 0.29) is 6.09 Å². The van der Waals surface area contributed by atoms with Gasteiger partial charge in [0, 0.05) is 25.8 Å². The molecular weight excluding hydrogens is 532 g/mol. The summed E-state index contributed by atoms with van der Waals surface area (Å²) < 4.78 is 7.86. The number of carbonyl (C=O) groups is 1. The molecule has 0 aromatic carbocycles. The largest absolute Gasteiger partial charge is 0.444 e. The van der Waals surface area contributed by atoms with Crippen molar-refractivity contribution in [1.29, 1.82) is 5.41 Å². The number of carbonyl (C=O) groups excluding carboxylic acids is 1. The first-order valence-electron chi connectivity index (χ1n) is 16.4. The van der Waals surface area contributed by atoms with Gasteiger partial charge in [-0.2, -0.15) is 0 Å². The first-order chi connectivity index (χ1) is 20.5. The summed E-state index contributed by atoms with van der Waals surface area (Å²) in [5.41, 5.74) is 6.32. The standard InChI is InChI=1S/C33H47N3O2.C2H5N.C2H6/c1-7-26-11-14-30-28(9-8-18-35-22-25(3)34-23-35)21-24(2)10-13-29(31(30)15-12-26)27-16-19-36(20-17-27)32(37)38-33(4,5)6;1-2-3;1-2/h10-12,14-15,21-23,26-27,29H,7-9,13,16-20H2,1-6H3;2-3H,1H3;1-2H3/b24-10-,28-21-;;. The van der Waals surface area contributed by atoms with Crippen LogP contribution in [-0.4, -0.2) is 45.4 Å². The highest BCUT2D eigenvalue weighted by Crippen LogP contribution is 2.41. The van der Waals surface area contributed by atoms with E-state index in [4.69, 9.17) is 10.1 Å². The number of rotatable bonds is 6. The fourth-order valence-corrected chi connectivity index (χ4v) is 5.95. The van der Waals surface area contributed by atoms with E-state index < -0.39 is 5.60 Å². The molecule has 6 heteroatoms. The van der Waals surface area contributed by atoms with Gasteiger partial charge < -0.3 is 19.6 Å². The van der Waals surface area contributed by atoms with Crippen molar-refractivity contribution < 1.29 is 9.53 Å². The molecule has 43 heavy (non-hydrogen) atoms. The van der Waals surface area contributed by atoms with Gasteiger partial charge in [-0.3, -0.25) is 0 Å². The first kappa shape index (κ1) is 36.0. The predicted octanol–water partition coefficient (Wildman–Crippen LogP) is 9.64. The summed E-state index contributed by atoms with van der Waals surface area (Å²) >= 11 is 0. The third-order valence-electron chi connectivity index (χ3n) is 8.04. The van der Waals surface area contributed by atoms with Crippen molar-refractivity contribution in [2.24, 2.45) is 17.8 Å². The molecule has 1 N–H and O–H groups in total. The molecule has 4 rings (SSSR count). The second-order valence-electron chi connectivity index (χ2n) is 12.6. The monoisotopic (exact) mass is 590 g/mol. The van der Waals surface area contributed by atoms with Crippen LogP contribution in [0.2, 0.25) is 0 Å². The Labute approximate surface area is 262 Å². The number of nitrogens with zero attached hydrogens (tertiary/aromatic N) is 3. The molecule has 0 radical (unpaired) electrons. The zero-order valence-corrected chi connectivity index (χ0v) is 28.5. The van der Waals surface area contributed by atoms with Crippen LogP contribution in [0.25, 0.3) is 0 Å². The third kappa shape index (κ3) is 11.5. The van der Waals surface area contributed by atoms with E-state index >= 15 is 0 Å². The normalized spacial score (nSPS) is 23.0. The van der Waals surface area contributed by atoms with Gasteiger partial charge in [0.2, 0.25) is 0 Å². The molecule has 2 heterocycles. The molecule has 0 spiro atoms. The molecule has 1 saturated heterocycles. The van der Waals surface area contributed by atoms with E-state index in [1.54, 1.807) is 6.92 Å². The average molecular weight is 591 g/mol. The van der Waals surface area contributed by atoms with Gasteiger partial charge in [0.15, 0.2) is 0 Å². The van der Waals surface area contributed by atoms with Gasteiger partial charge in [-0.15, -0.1) is 0 Å². The van der Waals surface area contributed by atoms with Crippen molar-refractivity contribution >= 4 is 12.3 Å². The number of nitrogens with one attached hydrogen (secondary N) is 1. The van der Waals surface area contributed by atoms with Crippen molar-refractivity contribution in [2.75, 3.05) is 13.1 Å². The number of aryl methyl sites for hydroxylation is 2. The van der Waals surface area contributed by atoms with Crippen LogP contribution in [0.5, 0.6) is 0 Å². The summed E-state index contributed by atoms with van der Waals surface area (Å²) in [7, 11) is 0. The minimum Gasteiger partial charge on any atom is -0.444 e. The van der Waals surface area contributed by atoms with Crippen LogP contribution in [0.4, 0.5) is 4.79 Å². The van der Waals surface area contributed by atoms with Gasteiger partial charge in [-0.25, -0.2) is 9.78 Å². The molecule has 0 bridgehead atoms. The second kappa shape index (κ2) is 17.8. The lowest BCUT2D eigenvalue weighted by Crippen LogP contribution is -2.43. The Hall–Kier alpha value is -3.15. The lowest BCUT2D eigenvalue weighted by Gasteiger charge is -2.38. The molecule has 2 unspecified atom stereocenters. The van der Waals surface area contributed by atoms with Gasteiger partial charge in [-0.05, 0) is 121 Å². The molecule has 1 aromatic rings. The van der Waals surface area contributed by atoms with E-state index in [1.165, 1.54) is 28.5 Å². The summed E-state index contributed by atoms with van der Waals surface area (Å²) in [4.78, 5) is 19.0. The molecule has 1 aromatic heterocycles. The smallest absolute Gasteiger partial charge is 0.410 e. The van der Waals surface area contributed by atoms with Crippen LogP contribution in [-0.2, 0) is 11.3 Å². The van der Waals surface area contributed by atoms with E-state index in [9.17, 15) is 4.79 Å². The molecule has 1 fully saturated rings. The SMILES string of the molecule is CC.CC=N.CCC1C=CC2=C(C=C1)C(C1CCN(C(=O)OC(C)(C)C)CC1)C/C=C(C)\C=C/2CCCn1cnc(C)c1. The Morgan fingerprint density at radius 1 is 1.14 bits per heavy atom. The average Bonchev–Trinajstić information content (AvgIpc) is 3.26. The van der Waals surface area contributed by atoms with E-state index in [1.807, 2.05) is 52.8 Å². The third-order valence-corrected chi connectivity index (χ3v) is 8.04. The molecule has 0 saturated carbocycles. The fraction of sp³-hybridized carbons (Fsp3) is 0.595. The fourth-order valence-electron chi connectivity index (χ4n) is 5.95. The zero-order chi connectivity index (χ0) is 32.0. The minimum absolute atomic E-state index is 0.175. The Morgan fingerprint density at radius 3 is 2.37 bits per heavy atom. The maximum atomic E-state index is 12.7. The van der Waals surface area contributed by atoms with Crippen molar-refractivity contribution in [1.82, 2.24) is 14.5 Å². The number of allylic oxidation sites excluding steroid dienone is 10. The van der Waals surface area contributed by atoms with Crippen LogP contribution < -0.4 is 0 Å². The predicted molar refractivity (Wildman–Crippen MR) is 182 cm³/mol. The lowest BCUT2D eigenvalue weighted by atomic mass is 9.74. The molecule has 1 aliphatic heterocycles. The summed E-state index contributed by atoms with van der Waals surface area (Å²) in [5, 5.41) is 6.08. The number of likely N-dealkylation sites (tertiary alicyclic amines) is 1. The van der Waals surface area contributed by atoms with Crippen molar-refractivity contribution in [2.45, 2.75) is 113 Å². The highest BCUT2D eigenvalue weighted by atomic mass is 16.6. The van der Waals surface area contributed by atoms with E-state index in [0.29, 0.717) is 17.8 Å². The van der Waals surface area contributed by atoms with E-state index in [2.05, 4.69) is 66.1 Å². The quantitative estimate of drug-likeness (QED) is 0.335. The number of amides is 1. The number of hydrogen-bond acceptors (Lipinski definition) is 4. The molecule has 238 valence electrons. The molecule has 3 aliphatic rings. The van der Waals surface area contributed by atoms with Crippen LogP contribution in [0.3, 0.4) is 0 Å². The Bertz CT molecular complexity index is 1180.